The van der Waals surface area contributed by atoms with Crippen molar-refractivity contribution in [2.75, 3.05) is 7.11 Å². The summed E-state index contributed by atoms with van der Waals surface area (Å²) in [5.74, 6) is -0.350. The number of rotatable bonds is 4. The van der Waals surface area contributed by atoms with Crippen LogP contribution in [0.1, 0.15) is 16.1 Å². The SMILES string of the molecule is COC(=O)c1cccc(Sc2c(C)n(-c3cccc(Cl)c3)c3cc(Cl)ccc23)c1. The molecule has 0 aliphatic rings. The van der Waals surface area contributed by atoms with Gasteiger partial charge >= 0.3 is 5.97 Å². The van der Waals surface area contributed by atoms with Crippen molar-refractivity contribution in [3.8, 4) is 5.69 Å². The smallest absolute Gasteiger partial charge is 0.337 e. The first-order valence-corrected chi connectivity index (χ1v) is 10.5. The molecule has 3 aromatic carbocycles. The van der Waals surface area contributed by atoms with Crippen LogP contribution in [-0.2, 0) is 4.74 Å². The van der Waals surface area contributed by atoms with Gasteiger partial charge in [-0.2, -0.15) is 0 Å². The van der Waals surface area contributed by atoms with Crippen LogP contribution in [0.25, 0.3) is 16.6 Å². The molecule has 0 spiro atoms. The number of ether oxygens (including phenoxy) is 1. The van der Waals surface area contributed by atoms with Crippen molar-refractivity contribution < 1.29 is 9.53 Å². The minimum atomic E-state index is -0.350. The van der Waals surface area contributed by atoms with Gasteiger partial charge < -0.3 is 9.30 Å². The lowest BCUT2D eigenvalue weighted by Crippen LogP contribution is -2.00. The lowest BCUT2D eigenvalue weighted by atomic mass is 10.2. The Hall–Kier alpha value is -2.40. The molecule has 1 aromatic heterocycles. The summed E-state index contributed by atoms with van der Waals surface area (Å²) in [6.45, 7) is 2.07. The van der Waals surface area contributed by atoms with Gasteiger partial charge in [-0.1, -0.05) is 53.2 Å². The summed E-state index contributed by atoms with van der Waals surface area (Å²) >= 11 is 14.2. The number of carbonyl (C=O) groups excluding carboxylic acids is 1. The first-order valence-electron chi connectivity index (χ1n) is 8.90. The van der Waals surface area contributed by atoms with Crippen LogP contribution in [0.5, 0.6) is 0 Å². The predicted octanol–water partition coefficient (Wildman–Crippen LogP) is 7.18. The van der Waals surface area contributed by atoms with E-state index in [1.54, 1.807) is 17.8 Å². The van der Waals surface area contributed by atoms with Gasteiger partial charge in [0.15, 0.2) is 0 Å². The third-order valence-electron chi connectivity index (χ3n) is 4.65. The molecule has 0 fully saturated rings. The summed E-state index contributed by atoms with van der Waals surface area (Å²) in [5, 5.41) is 2.42. The largest absolute Gasteiger partial charge is 0.465 e. The monoisotopic (exact) mass is 441 g/mol. The van der Waals surface area contributed by atoms with E-state index in [-0.39, 0.29) is 5.97 Å². The minimum Gasteiger partial charge on any atom is -0.465 e. The molecule has 4 rings (SSSR count). The maximum Gasteiger partial charge on any atom is 0.337 e. The molecule has 146 valence electrons. The molecule has 6 heteroatoms. The van der Waals surface area contributed by atoms with Gasteiger partial charge in [-0.15, -0.1) is 0 Å². The number of aromatic nitrogens is 1. The highest BCUT2D eigenvalue weighted by Gasteiger charge is 2.18. The van der Waals surface area contributed by atoms with Crippen LogP contribution in [-0.4, -0.2) is 17.6 Å². The summed E-state index contributed by atoms with van der Waals surface area (Å²) in [6, 6.07) is 21.0. The normalized spacial score (nSPS) is 11.0. The molecule has 0 bridgehead atoms. The third kappa shape index (κ3) is 3.88. The molecule has 0 aliphatic carbocycles. The second kappa shape index (κ2) is 8.15. The van der Waals surface area contributed by atoms with Crippen LogP contribution in [0.2, 0.25) is 10.0 Å². The van der Waals surface area contributed by atoms with Gasteiger partial charge in [-0.3, -0.25) is 0 Å². The van der Waals surface area contributed by atoms with Crippen LogP contribution in [0.3, 0.4) is 0 Å². The molecule has 4 aromatic rings. The van der Waals surface area contributed by atoms with Crippen molar-refractivity contribution in [2.24, 2.45) is 0 Å². The van der Waals surface area contributed by atoms with Gasteiger partial charge in [0.2, 0.25) is 0 Å². The van der Waals surface area contributed by atoms with Crippen LogP contribution in [0.4, 0.5) is 0 Å². The highest BCUT2D eigenvalue weighted by Crippen LogP contribution is 2.40. The molecule has 0 radical (unpaired) electrons. The van der Waals surface area contributed by atoms with E-state index in [0.717, 1.165) is 32.1 Å². The Morgan fingerprint density at radius 2 is 1.72 bits per heavy atom. The maximum atomic E-state index is 11.9. The van der Waals surface area contributed by atoms with E-state index < -0.39 is 0 Å². The number of benzene rings is 3. The molecule has 0 unspecified atom stereocenters. The lowest BCUT2D eigenvalue weighted by Gasteiger charge is -2.09. The summed E-state index contributed by atoms with van der Waals surface area (Å²) in [5.41, 5.74) is 3.57. The topological polar surface area (TPSA) is 31.2 Å². The molecular weight excluding hydrogens is 425 g/mol. The number of halogens is 2. The predicted molar refractivity (Wildman–Crippen MR) is 120 cm³/mol. The van der Waals surface area contributed by atoms with E-state index in [9.17, 15) is 4.79 Å². The minimum absolute atomic E-state index is 0.350. The molecule has 3 nitrogen and oxygen atoms in total. The number of hydrogen-bond acceptors (Lipinski definition) is 3. The van der Waals surface area contributed by atoms with Gasteiger partial charge in [0.05, 0.1) is 18.2 Å². The number of fused-ring (bicyclic) bond motifs is 1. The summed E-state index contributed by atoms with van der Waals surface area (Å²) in [4.78, 5) is 13.9. The first-order chi connectivity index (χ1) is 14.0. The van der Waals surface area contributed by atoms with E-state index in [2.05, 4.69) is 11.5 Å². The third-order valence-corrected chi connectivity index (χ3v) is 6.33. The molecule has 0 saturated carbocycles. The van der Waals surface area contributed by atoms with Crippen LogP contribution >= 0.6 is 35.0 Å². The highest BCUT2D eigenvalue weighted by atomic mass is 35.5. The zero-order valence-electron chi connectivity index (χ0n) is 15.8. The molecule has 29 heavy (non-hydrogen) atoms. The highest BCUT2D eigenvalue weighted by molar-refractivity contribution is 7.99. The Bertz CT molecular complexity index is 1230. The van der Waals surface area contributed by atoms with Gasteiger partial charge in [-0.05, 0) is 55.5 Å². The fourth-order valence-electron chi connectivity index (χ4n) is 3.36. The lowest BCUT2D eigenvalue weighted by molar-refractivity contribution is 0.0600. The average molecular weight is 442 g/mol. The van der Waals surface area contributed by atoms with E-state index in [1.807, 2.05) is 60.7 Å². The molecule has 0 atom stereocenters. The molecule has 0 aliphatic heterocycles. The van der Waals surface area contributed by atoms with E-state index >= 15 is 0 Å². The fourth-order valence-corrected chi connectivity index (χ4v) is 4.80. The molecule has 0 saturated heterocycles. The van der Waals surface area contributed by atoms with Crippen molar-refractivity contribution >= 4 is 51.8 Å². The molecule has 0 N–H and O–H groups in total. The van der Waals surface area contributed by atoms with Gasteiger partial charge in [-0.25, -0.2) is 4.79 Å². The summed E-state index contributed by atoms with van der Waals surface area (Å²) in [6.07, 6.45) is 0. The Morgan fingerprint density at radius 3 is 2.48 bits per heavy atom. The van der Waals surface area contributed by atoms with E-state index in [0.29, 0.717) is 15.6 Å². The number of hydrogen-bond donors (Lipinski definition) is 0. The molecule has 0 amide bonds. The van der Waals surface area contributed by atoms with Crippen molar-refractivity contribution in [3.63, 3.8) is 0 Å². The zero-order chi connectivity index (χ0) is 20.5. The van der Waals surface area contributed by atoms with Gasteiger partial charge in [0.25, 0.3) is 0 Å². The number of esters is 1. The number of nitrogens with zero attached hydrogens (tertiary/aromatic N) is 1. The van der Waals surface area contributed by atoms with E-state index in [4.69, 9.17) is 27.9 Å². The van der Waals surface area contributed by atoms with Crippen LogP contribution < -0.4 is 0 Å². The first kappa shape index (κ1) is 19.9. The summed E-state index contributed by atoms with van der Waals surface area (Å²) < 4.78 is 6.99. The average Bonchev–Trinajstić information content (AvgIpc) is 2.98. The standard InChI is InChI=1S/C23H17Cl2NO2S/c1-14-22(29-19-8-3-5-15(11-19)23(27)28-2)20-10-9-17(25)13-21(20)26(14)18-7-4-6-16(24)12-18/h3-13H,1-2H3. The van der Waals surface area contributed by atoms with Gasteiger partial charge in [0.1, 0.15) is 0 Å². The Kier molecular flexibility index (Phi) is 5.59. The number of carbonyl (C=O) groups is 1. The summed E-state index contributed by atoms with van der Waals surface area (Å²) in [7, 11) is 1.38. The second-order valence-corrected chi connectivity index (χ2v) is 8.47. The molecular formula is C23H17Cl2NO2S. The van der Waals surface area contributed by atoms with Crippen LogP contribution in [0.15, 0.2) is 76.5 Å². The van der Waals surface area contributed by atoms with Crippen molar-refractivity contribution in [1.82, 2.24) is 4.57 Å². The Morgan fingerprint density at radius 1 is 0.966 bits per heavy atom. The zero-order valence-corrected chi connectivity index (χ0v) is 18.1. The Labute approximate surface area is 183 Å². The molecule has 1 heterocycles. The van der Waals surface area contributed by atoms with E-state index in [1.165, 1.54) is 7.11 Å². The fraction of sp³-hybridized carbons (Fsp3) is 0.0870. The van der Waals surface area contributed by atoms with Gasteiger partial charge in [0, 0.05) is 36.6 Å². The van der Waals surface area contributed by atoms with Crippen molar-refractivity contribution in [2.45, 2.75) is 16.7 Å². The second-order valence-electron chi connectivity index (χ2n) is 6.51. The van der Waals surface area contributed by atoms with Crippen molar-refractivity contribution in [3.05, 3.63) is 88.0 Å². The Balaban J connectivity index is 1.88. The number of methoxy groups -OCH3 is 1. The van der Waals surface area contributed by atoms with Crippen LogP contribution in [0, 0.1) is 6.92 Å². The van der Waals surface area contributed by atoms with Crippen molar-refractivity contribution in [1.29, 1.82) is 0 Å². The quantitative estimate of drug-likeness (QED) is 0.314. The maximum absolute atomic E-state index is 11.9.